The van der Waals surface area contributed by atoms with Crippen LogP contribution in [0.25, 0.3) is 0 Å². The zero-order valence-corrected chi connectivity index (χ0v) is 16.2. The van der Waals surface area contributed by atoms with Gasteiger partial charge in [0.15, 0.2) is 0 Å². The lowest BCUT2D eigenvalue weighted by Gasteiger charge is -2.47. The Balaban J connectivity index is 1.65. The summed E-state index contributed by atoms with van der Waals surface area (Å²) < 4.78 is 33.8. The number of aliphatic hydroxyl groups excluding tert-OH is 1. The molecule has 3 rings (SSSR count). The molecule has 2 aromatic rings. The average Bonchev–Trinajstić information content (AvgIpc) is 2.61. The quantitative estimate of drug-likeness (QED) is 0.797. The van der Waals surface area contributed by atoms with Gasteiger partial charge < -0.3 is 9.84 Å². The van der Waals surface area contributed by atoms with E-state index in [0.717, 1.165) is 11.6 Å². The van der Waals surface area contributed by atoms with E-state index in [4.69, 9.17) is 21.6 Å². The molecule has 0 spiro atoms. The summed E-state index contributed by atoms with van der Waals surface area (Å²) in [5.41, 5.74) is 0.195. The summed E-state index contributed by atoms with van der Waals surface area (Å²) in [4.78, 5) is 0.570. The zero-order chi connectivity index (χ0) is 19.6. The van der Waals surface area contributed by atoms with Crippen LogP contribution in [0.1, 0.15) is 11.1 Å². The van der Waals surface area contributed by atoms with Crippen LogP contribution in [0.3, 0.4) is 0 Å². The molecule has 1 heterocycles. The fraction of sp³-hybridized carbons (Fsp3) is 0.316. The van der Waals surface area contributed by atoms with Crippen LogP contribution in [-0.4, -0.2) is 39.9 Å². The number of halogens is 2. The van der Waals surface area contributed by atoms with Crippen molar-refractivity contribution in [3.05, 3.63) is 58.4 Å². The van der Waals surface area contributed by atoms with Crippen LogP contribution < -0.4 is 4.74 Å². The van der Waals surface area contributed by atoms with Crippen molar-refractivity contribution in [1.82, 2.24) is 4.31 Å². The van der Waals surface area contributed by atoms with Gasteiger partial charge in [0.2, 0.25) is 0 Å². The number of aryl methyl sites for hydroxylation is 1. The Labute approximate surface area is 164 Å². The molecule has 1 N–H and O–H groups in total. The Bertz CT molecular complexity index is 905. The number of nitrogens with zero attached hydrogens (tertiary/aromatic N) is 2. The Morgan fingerprint density at radius 1 is 1.41 bits per heavy atom. The highest BCUT2D eigenvalue weighted by Gasteiger charge is 2.46. The fourth-order valence-electron chi connectivity index (χ4n) is 2.94. The minimum absolute atomic E-state index is 0.0560. The summed E-state index contributed by atoms with van der Waals surface area (Å²) in [6.07, 6.45) is 0. The lowest BCUT2D eigenvalue weighted by atomic mass is 9.83. The first-order chi connectivity index (χ1) is 12.9. The lowest BCUT2D eigenvalue weighted by molar-refractivity contribution is -0.0250. The number of hydrogen-bond acceptors (Lipinski definition) is 4. The molecule has 1 aliphatic heterocycles. The number of aliphatic hydroxyl groups is 1. The Morgan fingerprint density at radius 2 is 2.15 bits per heavy atom. The van der Waals surface area contributed by atoms with Crippen molar-refractivity contribution in [2.45, 2.75) is 11.8 Å². The largest absolute Gasteiger partial charge is 0.493 e. The molecule has 5 nitrogen and oxygen atoms in total. The predicted molar refractivity (Wildman–Crippen MR) is 100 cm³/mol. The normalized spacial score (nSPS) is 17.0. The highest BCUT2D eigenvalue weighted by molar-refractivity contribution is 7.83. The van der Waals surface area contributed by atoms with Crippen molar-refractivity contribution in [3.63, 3.8) is 0 Å². The van der Waals surface area contributed by atoms with Gasteiger partial charge in [-0.2, -0.15) is 5.26 Å². The molecule has 1 aliphatic rings. The van der Waals surface area contributed by atoms with Crippen molar-refractivity contribution in [3.8, 4) is 11.8 Å². The maximum absolute atomic E-state index is 13.7. The van der Waals surface area contributed by atoms with Gasteiger partial charge in [-0.15, -0.1) is 0 Å². The standard InChI is InChI=1S/C19H18ClFN2O3S/c1-13-3-2-4-16(20)18(13)27(25)23-9-19(10-23,11-24)12-26-15-6-5-14(8-22)17(21)7-15/h2-7,24H,9-12H2,1H3. The van der Waals surface area contributed by atoms with E-state index in [1.165, 1.54) is 12.1 Å². The second kappa shape index (κ2) is 7.95. The van der Waals surface area contributed by atoms with E-state index in [-0.39, 0.29) is 24.5 Å². The molecule has 0 saturated carbocycles. The Morgan fingerprint density at radius 3 is 2.74 bits per heavy atom. The Hall–Kier alpha value is -1.98. The molecule has 8 heteroatoms. The molecule has 1 unspecified atom stereocenters. The third-order valence-corrected chi connectivity index (χ3v) is 6.58. The molecule has 0 radical (unpaired) electrons. The van der Waals surface area contributed by atoms with Crippen LogP contribution in [0.5, 0.6) is 5.75 Å². The minimum atomic E-state index is -1.43. The smallest absolute Gasteiger partial charge is 0.144 e. The SMILES string of the molecule is Cc1cccc(Cl)c1S(=O)N1CC(CO)(COc2ccc(C#N)c(F)c2)C1. The number of rotatable bonds is 6. The molecule has 27 heavy (non-hydrogen) atoms. The highest BCUT2D eigenvalue weighted by Crippen LogP contribution is 2.36. The van der Waals surface area contributed by atoms with Gasteiger partial charge in [0.1, 0.15) is 28.6 Å². The number of hydrogen-bond donors (Lipinski definition) is 1. The van der Waals surface area contributed by atoms with Crippen molar-refractivity contribution in [2.24, 2.45) is 5.41 Å². The molecule has 1 fully saturated rings. The van der Waals surface area contributed by atoms with Crippen molar-refractivity contribution in [1.29, 1.82) is 5.26 Å². The third-order valence-electron chi connectivity index (χ3n) is 4.54. The molecule has 1 saturated heterocycles. The molecule has 0 bridgehead atoms. The van der Waals surface area contributed by atoms with Gasteiger partial charge in [-0.3, -0.25) is 0 Å². The zero-order valence-electron chi connectivity index (χ0n) is 14.6. The molecular weight excluding hydrogens is 391 g/mol. The van der Waals surface area contributed by atoms with Crippen molar-refractivity contribution < 1.29 is 18.4 Å². The van der Waals surface area contributed by atoms with E-state index in [1.54, 1.807) is 22.5 Å². The van der Waals surface area contributed by atoms with Gasteiger partial charge in [0.05, 0.1) is 34.1 Å². The Kier molecular flexibility index (Phi) is 5.82. The number of benzene rings is 2. The maximum atomic E-state index is 13.7. The van der Waals surface area contributed by atoms with Gasteiger partial charge in [-0.25, -0.2) is 12.9 Å². The van der Waals surface area contributed by atoms with Gasteiger partial charge in [0, 0.05) is 19.2 Å². The predicted octanol–water partition coefficient (Wildman–Crippen LogP) is 3.06. The van der Waals surface area contributed by atoms with E-state index in [9.17, 15) is 13.7 Å². The first-order valence-electron chi connectivity index (χ1n) is 8.24. The summed E-state index contributed by atoms with van der Waals surface area (Å²) in [5.74, 6) is -0.376. The molecular formula is C19H18ClFN2O3S. The fourth-order valence-corrected chi connectivity index (χ4v) is 4.97. The van der Waals surface area contributed by atoms with E-state index in [1.807, 2.05) is 13.0 Å². The molecule has 0 aliphatic carbocycles. The second-order valence-electron chi connectivity index (χ2n) is 6.63. The minimum Gasteiger partial charge on any atom is -0.493 e. The van der Waals surface area contributed by atoms with E-state index in [2.05, 4.69) is 0 Å². The summed E-state index contributed by atoms with van der Waals surface area (Å²) in [6, 6.07) is 11.1. The van der Waals surface area contributed by atoms with Gasteiger partial charge >= 0.3 is 0 Å². The highest BCUT2D eigenvalue weighted by atomic mass is 35.5. The van der Waals surface area contributed by atoms with E-state index in [0.29, 0.717) is 23.0 Å². The maximum Gasteiger partial charge on any atom is 0.144 e. The number of ether oxygens (including phenoxy) is 1. The van der Waals surface area contributed by atoms with Crippen LogP contribution >= 0.6 is 11.6 Å². The lowest BCUT2D eigenvalue weighted by Crippen LogP contribution is -2.61. The number of nitriles is 1. The summed E-state index contributed by atoms with van der Waals surface area (Å²) in [7, 11) is -1.43. The van der Waals surface area contributed by atoms with Gasteiger partial charge in [-0.1, -0.05) is 23.7 Å². The second-order valence-corrected chi connectivity index (χ2v) is 8.46. The molecule has 0 amide bonds. The first kappa shape index (κ1) is 19.8. The van der Waals surface area contributed by atoms with E-state index >= 15 is 0 Å². The average molecular weight is 409 g/mol. The summed E-state index contributed by atoms with van der Waals surface area (Å²) >= 11 is 6.18. The van der Waals surface area contributed by atoms with Crippen LogP contribution in [0, 0.1) is 29.5 Å². The van der Waals surface area contributed by atoms with Crippen molar-refractivity contribution in [2.75, 3.05) is 26.3 Å². The summed E-state index contributed by atoms with van der Waals surface area (Å²) in [5, 5.41) is 19.0. The van der Waals surface area contributed by atoms with Crippen LogP contribution in [-0.2, 0) is 11.0 Å². The van der Waals surface area contributed by atoms with Gasteiger partial charge in [-0.05, 0) is 30.7 Å². The van der Waals surface area contributed by atoms with Crippen LogP contribution in [0.15, 0.2) is 41.3 Å². The summed E-state index contributed by atoms with van der Waals surface area (Å²) in [6.45, 7) is 2.56. The molecule has 1 atom stereocenters. The molecule has 2 aromatic carbocycles. The van der Waals surface area contributed by atoms with Crippen molar-refractivity contribution >= 4 is 22.6 Å². The molecule has 0 aromatic heterocycles. The first-order valence-corrected chi connectivity index (χ1v) is 9.73. The molecule has 142 valence electrons. The van der Waals surface area contributed by atoms with Gasteiger partial charge in [0.25, 0.3) is 0 Å². The monoisotopic (exact) mass is 408 g/mol. The third kappa shape index (κ3) is 3.99. The topological polar surface area (TPSA) is 73.6 Å². The van der Waals surface area contributed by atoms with E-state index < -0.39 is 22.2 Å². The van der Waals surface area contributed by atoms with Crippen LogP contribution in [0.2, 0.25) is 5.02 Å². The van der Waals surface area contributed by atoms with Crippen LogP contribution in [0.4, 0.5) is 4.39 Å².